The molecule has 0 unspecified atom stereocenters. The minimum Gasteiger partial charge on any atom is -0.465 e. The largest absolute Gasteiger partial charge is 0.465 e. The number of aromatic nitrogens is 4. The maximum atomic E-state index is 11.5. The van der Waals surface area contributed by atoms with Crippen LogP contribution in [0.1, 0.15) is 21.7 Å². The molecule has 10 nitrogen and oxygen atoms in total. The van der Waals surface area contributed by atoms with E-state index in [-0.39, 0.29) is 23.6 Å². The average molecular weight is 368 g/mol. The first-order valence-corrected chi connectivity index (χ1v) is 7.91. The van der Waals surface area contributed by atoms with Crippen molar-refractivity contribution in [1.29, 1.82) is 0 Å². The predicted octanol–water partition coefficient (Wildman–Crippen LogP) is 2.28. The van der Waals surface area contributed by atoms with Crippen LogP contribution in [0.15, 0.2) is 43.0 Å². The van der Waals surface area contributed by atoms with E-state index in [4.69, 9.17) is 0 Å². The molecule has 1 N–H and O–H groups in total. The number of carbonyl (C=O) groups excluding carboxylic acids is 1. The fraction of sp³-hybridized carbons (Fsp3) is 0.176. The van der Waals surface area contributed by atoms with Crippen LogP contribution in [-0.2, 0) is 11.3 Å². The normalized spacial score (nSPS) is 10.4. The molecule has 3 heterocycles. The van der Waals surface area contributed by atoms with Crippen molar-refractivity contribution in [2.24, 2.45) is 0 Å². The van der Waals surface area contributed by atoms with Gasteiger partial charge in [0.2, 0.25) is 5.82 Å². The van der Waals surface area contributed by atoms with Crippen LogP contribution in [0, 0.1) is 17.0 Å². The van der Waals surface area contributed by atoms with Gasteiger partial charge < -0.3 is 10.1 Å². The van der Waals surface area contributed by atoms with Crippen LogP contribution >= 0.6 is 0 Å². The standard InChI is InChI=1S/C17H16N6O4/c1-11-18-5-6-22(11)15-4-3-12(8-19-15)9-20-16-14(23(25)26)7-13(10-21-16)17(24)27-2/h3-8,10H,9H2,1-2H3,(H,20,21). The molecule has 0 bridgehead atoms. The van der Waals surface area contributed by atoms with Gasteiger partial charge in [-0.1, -0.05) is 6.07 Å². The summed E-state index contributed by atoms with van der Waals surface area (Å²) in [6.45, 7) is 2.15. The number of nitrogens with one attached hydrogen (secondary N) is 1. The lowest BCUT2D eigenvalue weighted by Gasteiger charge is -2.08. The van der Waals surface area contributed by atoms with Crippen LogP contribution in [0.4, 0.5) is 11.5 Å². The molecule has 0 fully saturated rings. The Labute approximate surface area is 154 Å². The summed E-state index contributed by atoms with van der Waals surface area (Å²) in [6.07, 6.45) is 6.39. The Morgan fingerprint density at radius 3 is 2.70 bits per heavy atom. The number of imidazole rings is 1. The van der Waals surface area contributed by atoms with Gasteiger partial charge in [0.25, 0.3) is 0 Å². The van der Waals surface area contributed by atoms with Crippen LogP contribution in [0.2, 0.25) is 0 Å². The van der Waals surface area contributed by atoms with Crippen LogP contribution in [0.3, 0.4) is 0 Å². The molecule has 0 aliphatic carbocycles. The van der Waals surface area contributed by atoms with E-state index in [0.29, 0.717) is 0 Å². The van der Waals surface area contributed by atoms with Crippen LogP contribution in [0.5, 0.6) is 0 Å². The number of hydrogen-bond acceptors (Lipinski definition) is 8. The van der Waals surface area contributed by atoms with E-state index in [9.17, 15) is 14.9 Å². The molecule has 10 heteroatoms. The van der Waals surface area contributed by atoms with Crippen molar-refractivity contribution >= 4 is 17.5 Å². The zero-order chi connectivity index (χ0) is 19.4. The molecule has 3 aromatic rings. The summed E-state index contributed by atoms with van der Waals surface area (Å²) < 4.78 is 6.40. The minimum atomic E-state index is -0.688. The molecule has 0 saturated heterocycles. The lowest BCUT2D eigenvalue weighted by atomic mass is 10.2. The average Bonchev–Trinajstić information content (AvgIpc) is 3.11. The Morgan fingerprint density at radius 1 is 1.30 bits per heavy atom. The Balaban J connectivity index is 1.75. The summed E-state index contributed by atoms with van der Waals surface area (Å²) in [5, 5.41) is 14.2. The van der Waals surface area contributed by atoms with Gasteiger partial charge in [-0.2, -0.15) is 0 Å². The van der Waals surface area contributed by atoms with Crippen molar-refractivity contribution in [2.45, 2.75) is 13.5 Å². The Kier molecular flexibility index (Phi) is 5.06. The minimum absolute atomic E-state index is 0.0106. The number of nitro groups is 1. The zero-order valence-electron chi connectivity index (χ0n) is 14.6. The fourth-order valence-corrected chi connectivity index (χ4v) is 2.43. The van der Waals surface area contributed by atoms with Gasteiger partial charge in [0.1, 0.15) is 11.6 Å². The predicted molar refractivity (Wildman–Crippen MR) is 95.7 cm³/mol. The van der Waals surface area contributed by atoms with Crippen molar-refractivity contribution in [1.82, 2.24) is 19.5 Å². The van der Waals surface area contributed by atoms with Gasteiger partial charge in [0.05, 0.1) is 17.6 Å². The number of nitrogens with zero attached hydrogens (tertiary/aromatic N) is 5. The van der Waals surface area contributed by atoms with Gasteiger partial charge in [-0.05, 0) is 18.6 Å². The molecule has 0 amide bonds. The highest BCUT2D eigenvalue weighted by Crippen LogP contribution is 2.23. The first kappa shape index (κ1) is 18.0. The highest BCUT2D eigenvalue weighted by molar-refractivity contribution is 5.90. The van der Waals surface area contributed by atoms with Crippen LogP contribution < -0.4 is 5.32 Å². The van der Waals surface area contributed by atoms with Crippen molar-refractivity contribution in [2.75, 3.05) is 12.4 Å². The maximum Gasteiger partial charge on any atom is 0.339 e. The smallest absolute Gasteiger partial charge is 0.339 e. The topological polar surface area (TPSA) is 125 Å². The molecule has 138 valence electrons. The summed E-state index contributed by atoms with van der Waals surface area (Å²) in [5.41, 5.74) is 0.512. The van der Waals surface area contributed by atoms with Gasteiger partial charge in [0, 0.05) is 37.4 Å². The van der Waals surface area contributed by atoms with Crippen LogP contribution in [-0.4, -0.2) is 37.5 Å². The number of aryl methyl sites for hydroxylation is 1. The van der Waals surface area contributed by atoms with Gasteiger partial charge in [0.15, 0.2) is 0 Å². The van der Waals surface area contributed by atoms with Gasteiger partial charge >= 0.3 is 11.7 Å². The first-order valence-electron chi connectivity index (χ1n) is 7.91. The third kappa shape index (κ3) is 3.89. The van der Waals surface area contributed by atoms with E-state index < -0.39 is 10.9 Å². The van der Waals surface area contributed by atoms with Crippen molar-refractivity contribution in [3.63, 3.8) is 0 Å². The highest BCUT2D eigenvalue weighted by atomic mass is 16.6. The van der Waals surface area contributed by atoms with E-state index in [1.54, 1.807) is 12.4 Å². The summed E-state index contributed by atoms with van der Waals surface area (Å²) >= 11 is 0. The number of carbonyl (C=O) groups is 1. The van der Waals surface area contributed by atoms with Crippen molar-refractivity contribution in [3.05, 3.63) is 70.1 Å². The number of hydrogen-bond donors (Lipinski definition) is 1. The first-order chi connectivity index (χ1) is 13.0. The number of anilines is 1. The molecule has 0 atom stereocenters. The van der Waals surface area contributed by atoms with E-state index in [0.717, 1.165) is 23.3 Å². The van der Waals surface area contributed by atoms with E-state index in [1.165, 1.54) is 13.3 Å². The number of ether oxygens (including phenoxy) is 1. The fourth-order valence-electron chi connectivity index (χ4n) is 2.43. The SMILES string of the molecule is COC(=O)c1cnc(NCc2ccc(-n3ccnc3C)nc2)c([N+](=O)[O-])c1. The van der Waals surface area contributed by atoms with E-state index in [2.05, 4.69) is 25.0 Å². The molecule has 0 spiro atoms. The second kappa shape index (κ2) is 7.60. The Hall–Kier alpha value is -3.82. The molecule has 0 aliphatic heterocycles. The molecule has 0 aliphatic rings. The molecular formula is C17H16N6O4. The van der Waals surface area contributed by atoms with Gasteiger partial charge in [-0.25, -0.2) is 19.7 Å². The third-order valence-corrected chi connectivity index (χ3v) is 3.83. The molecule has 3 rings (SSSR count). The number of methoxy groups -OCH3 is 1. The zero-order valence-corrected chi connectivity index (χ0v) is 14.6. The molecule has 27 heavy (non-hydrogen) atoms. The van der Waals surface area contributed by atoms with Crippen molar-refractivity contribution < 1.29 is 14.5 Å². The maximum absolute atomic E-state index is 11.5. The highest BCUT2D eigenvalue weighted by Gasteiger charge is 2.19. The molecule has 0 aromatic carbocycles. The van der Waals surface area contributed by atoms with E-state index >= 15 is 0 Å². The van der Waals surface area contributed by atoms with Crippen molar-refractivity contribution in [3.8, 4) is 5.82 Å². The number of pyridine rings is 2. The Morgan fingerprint density at radius 2 is 2.11 bits per heavy atom. The lowest BCUT2D eigenvalue weighted by molar-refractivity contribution is -0.384. The number of esters is 1. The summed E-state index contributed by atoms with van der Waals surface area (Å²) in [7, 11) is 1.20. The lowest BCUT2D eigenvalue weighted by Crippen LogP contribution is -2.08. The van der Waals surface area contributed by atoms with Crippen LogP contribution in [0.25, 0.3) is 5.82 Å². The quantitative estimate of drug-likeness (QED) is 0.399. The monoisotopic (exact) mass is 368 g/mol. The second-order valence-electron chi connectivity index (χ2n) is 5.56. The second-order valence-corrected chi connectivity index (χ2v) is 5.56. The summed E-state index contributed by atoms with van der Waals surface area (Å²) in [5.74, 6) is 0.910. The summed E-state index contributed by atoms with van der Waals surface area (Å²) in [6, 6.07) is 4.81. The molecule has 0 saturated carbocycles. The van der Waals surface area contributed by atoms with Gasteiger partial charge in [-0.15, -0.1) is 0 Å². The Bertz CT molecular complexity index is 983. The number of rotatable bonds is 6. The third-order valence-electron chi connectivity index (χ3n) is 3.83. The molecular weight excluding hydrogens is 352 g/mol. The van der Waals surface area contributed by atoms with Gasteiger partial charge in [-0.3, -0.25) is 14.7 Å². The summed E-state index contributed by atoms with van der Waals surface area (Å²) in [4.78, 5) is 34.6. The van der Waals surface area contributed by atoms with E-state index in [1.807, 2.05) is 29.8 Å². The molecule has 0 radical (unpaired) electrons. The molecule has 3 aromatic heterocycles.